The molecule has 116 valence electrons. The Morgan fingerprint density at radius 3 is 2.52 bits per heavy atom. The topological polar surface area (TPSA) is 68.0 Å². The molecule has 0 atom stereocenters. The zero-order valence-electron chi connectivity index (χ0n) is 11.4. The summed E-state index contributed by atoms with van der Waals surface area (Å²) in [7, 11) is 0. The summed E-state index contributed by atoms with van der Waals surface area (Å²) < 4.78 is 6.32. The molecule has 0 fully saturated rings. The van der Waals surface area contributed by atoms with Crippen LogP contribution in [0.2, 0.25) is 10.0 Å². The molecule has 0 saturated carbocycles. The van der Waals surface area contributed by atoms with Gasteiger partial charge in [-0.1, -0.05) is 50.3 Å². The molecule has 0 aliphatic carbocycles. The van der Waals surface area contributed by atoms with E-state index in [1.165, 1.54) is 18.2 Å². The van der Waals surface area contributed by atoms with Gasteiger partial charge in [0.05, 0.1) is 0 Å². The molecule has 1 heterocycles. The molecule has 1 amide bonds. The fraction of sp³-hybridized carbons (Fsp3) is 0. The Kier molecular flexibility index (Phi) is 4.66. The molecule has 1 aromatic heterocycles. The molecule has 0 saturated heterocycles. The Balaban J connectivity index is 1.80. The molecule has 0 bridgehead atoms. The number of nitrogens with zero attached hydrogens (tertiary/aromatic N) is 2. The third kappa shape index (κ3) is 3.90. The highest BCUT2D eigenvalue weighted by atomic mass is 79.9. The summed E-state index contributed by atoms with van der Waals surface area (Å²) in [4.78, 5) is 12.2. The van der Waals surface area contributed by atoms with Gasteiger partial charge in [-0.15, -0.1) is 5.10 Å². The van der Waals surface area contributed by atoms with Crippen molar-refractivity contribution in [3.8, 4) is 11.5 Å². The van der Waals surface area contributed by atoms with Crippen LogP contribution >= 0.6 is 39.1 Å². The van der Waals surface area contributed by atoms with E-state index in [0.29, 0.717) is 21.5 Å². The van der Waals surface area contributed by atoms with E-state index in [4.69, 9.17) is 27.6 Å². The molecule has 1 N–H and O–H groups in total. The SMILES string of the molecule is O=C(Nc1nnc(-c2cccc(Br)c2)o1)c1cc(Cl)cc(Cl)c1. The van der Waals surface area contributed by atoms with Gasteiger partial charge in [0, 0.05) is 25.6 Å². The van der Waals surface area contributed by atoms with Gasteiger partial charge < -0.3 is 4.42 Å². The molecule has 8 heteroatoms. The molecule has 3 rings (SSSR count). The molecular weight excluding hydrogens is 405 g/mol. The first-order chi connectivity index (χ1) is 11.0. The van der Waals surface area contributed by atoms with Crippen LogP contribution in [0.4, 0.5) is 6.01 Å². The maximum absolute atomic E-state index is 12.2. The van der Waals surface area contributed by atoms with E-state index >= 15 is 0 Å². The van der Waals surface area contributed by atoms with E-state index in [1.807, 2.05) is 24.3 Å². The lowest BCUT2D eigenvalue weighted by molar-refractivity contribution is 0.102. The minimum Gasteiger partial charge on any atom is -0.403 e. The number of aromatic nitrogens is 2. The molecule has 0 radical (unpaired) electrons. The Hall–Kier alpha value is -1.89. The fourth-order valence-corrected chi connectivity index (χ4v) is 2.79. The van der Waals surface area contributed by atoms with E-state index in [1.54, 1.807) is 0 Å². The summed E-state index contributed by atoms with van der Waals surface area (Å²) in [6.07, 6.45) is 0. The quantitative estimate of drug-likeness (QED) is 0.652. The highest BCUT2D eigenvalue weighted by molar-refractivity contribution is 9.10. The highest BCUT2D eigenvalue weighted by Crippen LogP contribution is 2.24. The van der Waals surface area contributed by atoms with Gasteiger partial charge in [-0.25, -0.2) is 0 Å². The summed E-state index contributed by atoms with van der Waals surface area (Å²) in [6, 6.07) is 11.9. The van der Waals surface area contributed by atoms with Crippen LogP contribution in [0, 0.1) is 0 Å². The zero-order valence-corrected chi connectivity index (χ0v) is 14.5. The van der Waals surface area contributed by atoms with Gasteiger partial charge in [0.25, 0.3) is 5.91 Å². The molecule has 0 spiro atoms. The third-order valence-electron chi connectivity index (χ3n) is 2.84. The molecular formula is C15H8BrCl2N3O2. The van der Waals surface area contributed by atoms with Crippen LogP contribution in [0.1, 0.15) is 10.4 Å². The molecule has 3 aromatic rings. The van der Waals surface area contributed by atoms with Crippen LogP contribution in [-0.4, -0.2) is 16.1 Å². The predicted octanol–water partition coefficient (Wildman–Crippen LogP) is 5.06. The van der Waals surface area contributed by atoms with Crippen molar-refractivity contribution in [3.63, 3.8) is 0 Å². The fourth-order valence-electron chi connectivity index (χ4n) is 1.87. The number of carbonyl (C=O) groups is 1. The molecule has 0 aliphatic rings. The van der Waals surface area contributed by atoms with Crippen molar-refractivity contribution < 1.29 is 9.21 Å². The van der Waals surface area contributed by atoms with Gasteiger partial charge in [-0.2, -0.15) is 0 Å². The molecule has 0 unspecified atom stereocenters. The van der Waals surface area contributed by atoms with Gasteiger partial charge >= 0.3 is 6.01 Å². The number of nitrogens with one attached hydrogen (secondary N) is 1. The second kappa shape index (κ2) is 6.70. The van der Waals surface area contributed by atoms with Gasteiger partial charge in [-0.3, -0.25) is 10.1 Å². The number of hydrogen-bond donors (Lipinski definition) is 1. The number of benzene rings is 2. The van der Waals surface area contributed by atoms with Gasteiger partial charge in [-0.05, 0) is 36.4 Å². The second-order valence-corrected chi connectivity index (χ2v) is 6.32. The van der Waals surface area contributed by atoms with E-state index in [-0.39, 0.29) is 6.01 Å². The van der Waals surface area contributed by atoms with Crippen molar-refractivity contribution in [1.82, 2.24) is 10.2 Å². The number of amides is 1. The van der Waals surface area contributed by atoms with Gasteiger partial charge in [0.15, 0.2) is 0 Å². The molecule has 2 aromatic carbocycles. The van der Waals surface area contributed by atoms with Crippen LogP contribution in [0.25, 0.3) is 11.5 Å². The number of anilines is 1. The predicted molar refractivity (Wildman–Crippen MR) is 91.8 cm³/mol. The summed E-state index contributed by atoms with van der Waals surface area (Å²) >= 11 is 15.1. The smallest absolute Gasteiger partial charge is 0.322 e. The van der Waals surface area contributed by atoms with Gasteiger partial charge in [0.1, 0.15) is 0 Å². The van der Waals surface area contributed by atoms with Crippen LogP contribution in [0.5, 0.6) is 0 Å². The largest absolute Gasteiger partial charge is 0.403 e. The van der Waals surface area contributed by atoms with Gasteiger partial charge in [0.2, 0.25) is 5.89 Å². The number of carbonyl (C=O) groups excluding carboxylic acids is 1. The van der Waals surface area contributed by atoms with Crippen molar-refractivity contribution in [2.75, 3.05) is 5.32 Å². The average Bonchev–Trinajstić information content (AvgIpc) is 2.95. The standard InChI is InChI=1S/C15H8BrCl2N3O2/c16-10-3-1-2-8(4-10)14-20-21-15(23-14)19-13(22)9-5-11(17)7-12(18)6-9/h1-7H,(H,19,21,22). The first-order valence-corrected chi connectivity index (χ1v) is 7.93. The Morgan fingerprint density at radius 2 is 1.83 bits per heavy atom. The van der Waals surface area contributed by atoms with Crippen LogP contribution in [0.3, 0.4) is 0 Å². The van der Waals surface area contributed by atoms with Crippen molar-refractivity contribution in [2.45, 2.75) is 0 Å². The van der Waals surface area contributed by atoms with Crippen molar-refractivity contribution >= 4 is 51.1 Å². The van der Waals surface area contributed by atoms with E-state index in [2.05, 4.69) is 31.4 Å². The summed E-state index contributed by atoms with van der Waals surface area (Å²) in [5.41, 5.74) is 1.03. The Morgan fingerprint density at radius 1 is 1.09 bits per heavy atom. The third-order valence-corrected chi connectivity index (χ3v) is 3.77. The van der Waals surface area contributed by atoms with E-state index < -0.39 is 5.91 Å². The highest BCUT2D eigenvalue weighted by Gasteiger charge is 2.14. The summed E-state index contributed by atoms with van der Waals surface area (Å²) in [5.74, 6) is -0.149. The first kappa shape index (κ1) is 16.0. The maximum atomic E-state index is 12.2. The molecule has 5 nitrogen and oxygen atoms in total. The zero-order chi connectivity index (χ0) is 16.4. The van der Waals surface area contributed by atoms with Crippen LogP contribution in [0.15, 0.2) is 51.4 Å². The minimum absolute atomic E-state index is 0.0129. The lowest BCUT2D eigenvalue weighted by Crippen LogP contribution is -2.12. The van der Waals surface area contributed by atoms with Crippen LogP contribution in [-0.2, 0) is 0 Å². The first-order valence-electron chi connectivity index (χ1n) is 6.38. The van der Waals surface area contributed by atoms with Crippen molar-refractivity contribution in [1.29, 1.82) is 0 Å². The average molecular weight is 413 g/mol. The number of halogens is 3. The summed E-state index contributed by atoms with van der Waals surface area (Å²) in [5, 5.41) is 10.9. The minimum atomic E-state index is -0.446. The van der Waals surface area contributed by atoms with Crippen molar-refractivity contribution in [3.05, 3.63) is 62.5 Å². The van der Waals surface area contributed by atoms with E-state index in [9.17, 15) is 4.79 Å². The normalized spacial score (nSPS) is 10.6. The lowest BCUT2D eigenvalue weighted by atomic mass is 10.2. The molecule has 23 heavy (non-hydrogen) atoms. The lowest BCUT2D eigenvalue weighted by Gasteiger charge is -2.02. The molecule has 0 aliphatic heterocycles. The monoisotopic (exact) mass is 411 g/mol. The summed E-state index contributed by atoms with van der Waals surface area (Å²) in [6.45, 7) is 0. The van der Waals surface area contributed by atoms with Crippen LogP contribution < -0.4 is 5.32 Å². The Bertz CT molecular complexity index is 862. The van der Waals surface area contributed by atoms with Crippen molar-refractivity contribution in [2.24, 2.45) is 0 Å². The number of rotatable bonds is 3. The van der Waals surface area contributed by atoms with E-state index in [0.717, 1.165) is 10.0 Å². The Labute approximate surface area is 149 Å². The maximum Gasteiger partial charge on any atom is 0.322 e. The number of hydrogen-bond acceptors (Lipinski definition) is 4. The second-order valence-electron chi connectivity index (χ2n) is 4.53.